The Kier molecular flexibility index (Phi) is 5.83. The lowest BCUT2D eigenvalue weighted by atomic mass is 9.95. The van der Waals surface area contributed by atoms with Gasteiger partial charge in [0.15, 0.2) is 11.5 Å². The predicted octanol–water partition coefficient (Wildman–Crippen LogP) is 6.13. The van der Waals surface area contributed by atoms with E-state index in [0.29, 0.717) is 51.1 Å². The highest BCUT2D eigenvalue weighted by molar-refractivity contribution is 6.35. The number of anilines is 1. The number of rotatable bonds is 6. The standard InChI is InChI=1S/C25H23ClFN7/c1-13(2)7-20-18(9-16(27)10-28-20)22-17(8-15-5-4-6-19(26)21(15)34-22)14(3)33-25-23-24(30-11-29-23)31-12-32-25/h4-6,8-14H,7H2,1-3H3,(H2,29,30,31,32,33)/t14-/m0/s1. The van der Waals surface area contributed by atoms with Gasteiger partial charge in [-0.25, -0.2) is 24.3 Å². The van der Waals surface area contributed by atoms with Crippen LogP contribution in [0.5, 0.6) is 0 Å². The van der Waals surface area contributed by atoms with E-state index in [-0.39, 0.29) is 6.04 Å². The van der Waals surface area contributed by atoms with Crippen LogP contribution in [0.1, 0.15) is 38.1 Å². The van der Waals surface area contributed by atoms with E-state index in [1.54, 1.807) is 12.4 Å². The van der Waals surface area contributed by atoms with E-state index in [9.17, 15) is 4.39 Å². The Balaban J connectivity index is 1.69. The van der Waals surface area contributed by atoms with Crippen molar-refractivity contribution in [1.29, 1.82) is 0 Å². The van der Waals surface area contributed by atoms with Crippen molar-refractivity contribution in [1.82, 2.24) is 29.9 Å². The van der Waals surface area contributed by atoms with Gasteiger partial charge in [0.25, 0.3) is 0 Å². The smallest absolute Gasteiger partial charge is 0.182 e. The molecule has 1 aromatic carbocycles. The number of imidazole rings is 1. The highest BCUT2D eigenvalue weighted by Crippen LogP contribution is 2.36. The van der Waals surface area contributed by atoms with Crippen LogP contribution >= 0.6 is 11.6 Å². The topological polar surface area (TPSA) is 92.3 Å². The van der Waals surface area contributed by atoms with Crippen LogP contribution in [0.4, 0.5) is 10.2 Å². The molecule has 4 aromatic heterocycles. The fraction of sp³-hybridized carbons (Fsp3) is 0.240. The van der Waals surface area contributed by atoms with Gasteiger partial charge in [-0.05, 0) is 37.5 Å². The summed E-state index contributed by atoms with van der Waals surface area (Å²) in [6.07, 6.45) is 5.00. The monoisotopic (exact) mass is 475 g/mol. The maximum Gasteiger partial charge on any atom is 0.182 e. The number of H-pyrrole nitrogens is 1. The highest BCUT2D eigenvalue weighted by Gasteiger charge is 2.21. The van der Waals surface area contributed by atoms with Crippen LogP contribution < -0.4 is 5.32 Å². The van der Waals surface area contributed by atoms with Gasteiger partial charge in [0.2, 0.25) is 0 Å². The molecule has 0 aliphatic carbocycles. The molecule has 0 aliphatic heterocycles. The molecule has 0 radical (unpaired) electrons. The van der Waals surface area contributed by atoms with Crippen LogP contribution in [-0.4, -0.2) is 29.9 Å². The summed E-state index contributed by atoms with van der Waals surface area (Å²) in [6.45, 7) is 6.22. The fourth-order valence-electron chi connectivity index (χ4n) is 4.10. The van der Waals surface area contributed by atoms with E-state index in [1.165, 1.54) is 18.6 Å². The molecule has 9 heteroatoms. The number of pyridine rings is 2. The van der Waals surface area contributed by atoms with Crippen LogP contribution in [0.25, 0.3) is 33.3 Å². The van der Waals surface area contributed by atoms with Crippen molar-refractivity contribution in [3.63, 3.8) is 0 Å². The molecule has 5 aromatic rings. The molecule has 5 rings (SSSR count). The third-order valence-electron chi connectivity index (χ3n) is 5.66. The van der Waals surface area contributed by atoms with Gasteiger partial charge in [-0.1, -0.05) is 37.6 Å². The second kappa shape index (κ2) is 8.95. The van der Waals surface area contributed by atoms with E-state index in [2.05, 4.69) is 44.1 Å². The van der Waals surface area contributed by atoms with Gasteiger partial charge in [0.05, 0.1) is 40.5 Å². The first-order valence-corrected chi connectivity index (χ1v) is 11.4. The summed E-state index contributed by atoms with van der Waals surface area (Å²) in [4.78, 5) is 25.2. The lowest BCUT2D eigenvalue weighted by Gasteiger charge is -2.21. The lowest BCUT2D eigenvalue weighted by molar-refractivity contribution is 0.606. The molecule has 0 saturated carbocycles. The van der Waals surface area contributed by atoms with Crippen molar-refractivity contribution in [2.75, 3.05) is 5.32 Å². The molecule has 34 heavy (non-hydrogen) atoms. The highest BCUT2D eigenvalue weighted by atomic mass is 35.5. The van der Waals surface area contributed by atoms with Crippen LogP contribution in [0.3, 0.4) is 0 Å². The van der Waals surface area contributed by atoms with Gasteiger partial charge in [0.1, 0.15) is 17.7 Å². The van der Waals surface area contributed by atoms with Crippen molar-refractivity contribution in [2.45, 2.75) is 33.2 Å². The summed E-state index contributed by atoms with van der Waals surface area (Å²) in [6, 6.07) is 8.96. The Hall–Kier alpha value is -3.65. The second-order valence-corrected chi connectivity index (χ2v) is 9.08. The average molecular weight is 476 g/mol. The van der Waals surface area contributed by atoms with E-state index >= 15 is 0 Å². The molecule has 7 nitrogen and oxygen atoms in total. The van der Waals surface area contributed by atoms with Crippen LogP contribution in [0, 0.1) is 11.7 Å². The Bertz CT molecular complexity index is 1500. The van der Waals surface area contributed by atoms with Gasteiger partial charge >= 0.3 is 0 Å². The summed E-state index contributed by atoms with van der Waals surface area (Å²) in [7, 11) is 0. The number of fused-ring (bicyclic) bond motifs is 2. The quantitative estimate of drug-likeness (QED) is 0.307. The normalized spacial score (nSPS) is 12.5. The molecule has 0 amide bonds. The zero-order valence-electron chi connectivity index (χ0n) is 19.0. The molecule has 4 heterocycles. The van der Waals surface area contributed by atoms with E-state index in [4.69, 9.17) is 16.6 Å². The Morgan fingerprint density at radius 2 is 1.94 bits per heavy atom. The maximum atomic E-state index is 14.4. The van der Waals surface area contributed by atoms with Crippen LogP contribution in [0.2, 0.25) is 5.02 Å². The lowest BCUT2D eigenvalue weighted by Crippen LogP contribution is -2.12. The number of aromatic amines is 1. The van der Waals surface area contributed by atoms with Crippen molar-refractivity contribution < 1.29 is 4.39 Å². The number of nitrogens with one attached hydrogen (secondary N) is 2. The zero-order chi connectivity index (χ0) is 23.8. The minimum atomic E-state index is -0.412. The predicted molar refractivity (Wildman–Crippen MR) is 132 cm³/mol. The van der Waals surface area contributed by atoms with Gasteiger partial charge in [0, 0.05) is 16.5 Å². The molecule has 0 spiro atoms. The van der Waals surface area contributed by atoms with E-state index in [0.717, 1.165) is 16.6 Å². The summed E-state index contributed by atoms with van der Waals surface area (Å²) in [5.74, 6) is 0.548. The molecule has 0 fully saturated rings. The van der Waals surface area contributed by atoms with Crippen LogP contribution in [-0.2, 0) is 6.42 Å². The average Bonchev–Trinajstić information content (AvgIpc) is 3.29. The van der Waals surface area contributed by atoms with Gasteiger partial charge in [-0.15, -0.1) is 0 Å². The third-order valence-corrected chi connectivity index (χ3v) is 5.97. The molecule has 0 saturated heterocycles. The summed E-state index contributed by atoms with van der Waals surface area (Å²) >= 11 is 6.49. The first kappa shape index (κ1) is 22.2. The molecule has 0 aliphatic rings. The largest absolute Gasteiger partial charge is 0.362 e. The summed E-state index contributed by atoms with van der Waals surface area (Å²) in [5, 5.41) is 4.87. The minimum absolute atomic E-state index is 0.234. The van der Waals surface area contributed by atoms with Crippen molar-refractivity contribution in [3.05, 3.63) is 71.3 Å². The number of para-hydroxylation sites is 1. The Labute approximate surface area is 200 Å². The fourth-order valence-corrected chi connectivity index (χ4v) is 4.33. The molecular weight excluding hydrogens is 453 g/mol. The van der Waals surface area contributed by atoms with Crippen molar-refractivity contribution in [3.8, 4) is 11.3 Å². The van der Waals surface area contributed by atoms with E-state index in [1.807, 2.05) is 25.1 Å². The number of hydrogen-bond acceptors (Lipinski definition) is 6. The van der Waals surface area contributed by atoms with Crippen molar-refractivity contribution >= 4 is 39.5 Å². The number of aromatic nitrogens is 6. The molecule has 0 unspecified atom stereocenters. The summed E-state index contributed by atoms with van der Waals surface area (Å²) < 4.78 is 14.4. The number of halogens is 2. The first-order valence-electron chi connectivity index (χ1n) is 11.0. The molecule has 172 valence electrons. The van der Waals surface area contributed by atoms with Gasteiger partial charge < -0.3 is 10.3 Å². The Morgan fingerprint density at radius 3 is 2.76 bits per heavy atom. The molecule has 1 atom stereocenters. The van der Waals surface area contributed by atoms with E-state index < -0.39 is 5.82 Å². The first-order chi connectivity index (χ1) is 16.4. The summed E-state index contributed by atoms with van der Waals surface area (Å²) in [5.41, 5.74) is 4.90. The van der Waals surface area contributed by atoms with Gasteiger partial charge in [-0.3, -0.25) is 4.98 Å². The second-order valence-electron chi connectivity index (χ2n) is 8.67. The SMILES string of the molecule is CC(C)Cc1ncc(F)cc1-c1nc2c(Cl)cccc2cc1[C@H](C)Nc1ncnc2nc[nH]c12. The number of hydrogen-bond donors (Lipinski definition) is 2. The Morgan fingerprint density at radius 1 is 1.09 bits per heavy atom. The van der Waals surface area contributed by atoms with Crippen LogP contribution in [0.15, 0.2) is 49.2 Å². The number of benzene rings is 1. The van der Waals surface area contributed by atoms with Crippen molar-refractivity contribution in [2.24, 2.45) is 5.92 Å². The minimum Gasteiger partial charge on any atom is -0.362 e. The molecular formula is C25H23ClFN7. The zero-order valence-corrected chi connectivity index (χ0v) is 19.7. The molecule has 0 bridgehead atoms. The maximum absolute atomic E-state index is 14.4. The third kappa shape index (κ3) is 4.17. The molecule has 2 N–H and O–H groups in total. The van der Waals surface area contributed by atoms with Gasteiger partial charge in [-0.2, -0.15) is 0 Å². The number of nitrogens with zero attached hydrogens (tertiary/aromatic N) is 5.